The van der Waals surface area contributed by atoms with Gasteiger partial charge in [0, 0.05) is 35.2 Å². The SMILES string of the molecule is C[C@]12CC[C@H](SCCCN)CC1/C(=N/O)C[C@@H]1[C@@H]2CC[C@]2(C)C(=O)CC[C@@H]12.O=C(O)/C=C/C(=O)O. The van der Waals surface area contributed by atoms with E-state index < -0.39 is 11.9 Å². The van der Waals surface area contributed by atoms with Gasteiger partial charge in [0.15, 0.2) is 0 Å². The number of fused-ring (bicyclic) bond motifs is 5. The maximum absolute atomic E-state index is 12.6. The number of oxime groups is 1. The second-order valence-corrected chi connectivity index (χ2v) is 12.5. The first-order valence-electron chi connectivity index (χ1n) is 12.8. The van der Waals surface area contributed by atoms with Crippen LogP contribution < -0.4 is 5.73 Å². The zero-order valence-corrected chi connectivity index (χ0v) is 21.6. The number of carboxylic acids is 2. The Morgan fingerprint density at radius 3 is 2.40 bits per heavy atom. The predicted octanol–water partition coefficient (Wildman–Crippen LogP) is 4.20. The molecule has 0 aliphatic heterocycles. The molecule has 1 unspecified atom stereocenters. The topological polar surface area (TPSA) is 150 Å². The van der Waals surface area contributed by atoms with Crippen LogP contribution in [0.15, 0.2) is 17.3 Å². The summed E-state index contributed by atoms with van der Waals surface area (Å²) in [5.74, 6) is 1.24. The van der Waals surface area contributed by atoms with Crippen LogP contribution in [0.4, 0.5) is 0 Å². The number of thioether (sulfide) groups is 1. The van der Waals surface area contributed by atoms with E-state index in [1.165, 1.54) is 19.3 Å². The van der Waals surface area contributed by atoms with Crippen molar-refractivity contribution >= 4 is 35.2 Å². The number of carbonyl (C=O) groups is 3. The van der Waals surface area contributed by atoms with Gasteiger partial charge in [-0.3, -0.25) is 4.79 Å². The smallest absolute Gasteiger partial charge is 0.328 e. The van der Waals surface area contributed by atoms with Gasteiger partial charge >= 0.3 is 11.9 Å². The molecule has 35 heavy (non-hydrogen) atoms. The number of carboxylic acid groups (broad SMARTS) is 2. The lowest BCUT2D eigenvalue weighted by molar-refractivity contribution is -0.134. The molecule has 4 aliphatic rings. The second-order valence-electron chi connectivity index (χ2n) is 11.1. The lowest BCUT2D eigenvalue weighted by Crippen LogP contribution is -2.56. The molecule has 5 N–H and O–H groups in total. The summed E-state index contributed by atoms with van der Waals surface area (Å²) in [5, 5.41) is 30.0. The largest absolute Gasteiger partial charge is 0.478 e. The van der Waals surface area contributed by atoms with Crippen LogP contribution >= 0.6 is 11.8 Å². The van der Waals surface area contributed by atoms with Crippen LogP contribution in [0.5, 0.6) is 0 Å². The van der Waals surface area contributed by atoms with Gasteiger partial charge in [0.05, 0.1) is 5.71 Å². The fourth-order valence-corrected chi connectivity index (χ4v) is 8.82. The van der Waals surface area contributed by atoms with Crippen LogP contribution in [0.1, 0.15) is 71.6 Å². The lowest BCUT2D eigenvalue weighted by atomic mass is 9.45. The molecule has 0 aromatic rings. The van der Waals surface area contributed by atoms with Crippen LogP contribution in [0.2, 0.25) is 0 Å². The van der Waals surface area contributed by atoms with E-state index in [1.807, 2.05) is 0 Å². The molecule has 0 aromatic heterocycles. The Morgan fingerprint density at radius 2 is 1.80 bits per heavy atom. The average molecular weight is 509 g/mol. The van der Waals surface area contributed by atoms with Crippen LogP contribution in [-0.4, -0.2) is 56.4 Å². The highest BCUT2D eigenvalue weighted by Crippen LogP contribution is 2.65. The minimum atomic E-state index is -1.26. The molecule has 0 amide bonds. The summed E-state index contributed by atoms with van der Waals surface area (Å²) >= 11 is 2.07. The first-order chi connectivity index (χ1) is 16.6. The van der Waals surface area contributed by atoms with Gasteiger partial charge in [0.25, 0.3) is 0 Å². The maximum Gasteiger partial charge on any atom is 0.328 e. The van der Waals surface area contributed by atoms with E-state index in [0.717, 1.165) is 56.5 Å². The zero-order valence-electron chi connectivity index (χ0n) is 20.8. The van der Waals surface area contributed by atoms with E-state index in [1.54, 1.807) is 0 Å². The van der Waals surface area contributed by atoms with Crippen molar-refractivity contribution < 1.29 is 29.8 Å². The van der Waals surface area contributed by atoms with Crippen LogP contribution in [0.3, 0.4) is 0 Å². The van der Waals surface area contributed by atoms with Crippen molar-refractivity contribution in [1.29, 1.82) is 0 Å². The third-order valence-corrected chi connectivity index (χ3v) is 10.8. The Bertz CT molecular complexity index is 860. The van der Waals surface area contributed by atoms with E-state index in [2.05, 4.69) is 30.8 Å². The molecule has 7 atom stereocenters. The first-order valence-corrected chi connectivity index (χ1v) is 13.8. The molecule has 0 bridgehead atoms. The normalized spacial score (nSPS) is 39.3. The van der Waals surface area contributed by atoms with Crippen molar-refractivity contribution in [3.05, 3.63) is 12.2 Å². The van der Waals surface area contributed by atoms with Gasteiger partial charge in [-0.1, -0.05) is 19.0 Å². The molecule has 0 heterocycles. The van der Waals surface area contributed by atoms with Crippen molar-refractivity contribution in [1.82, 2.24) is 0 Å². The molecule has 0 aromatic carbocycles. The van der Waals surface area contributed by atoms with Gasteiger partial charge in [-0.25, -0.2) is 9.59 Å². The summed E-state index contributed by atoms with van der Waals surface area (Å²) in [6.45, 7) is 5.46. The molecular formula is C26H40N2O6S. The Hall–Kier alpha value is -1.87. The molecule has 4 saturated carbocycles. The van der Waals surface area contributed by atoms with Gasteiger partial charge < -0.3 is 21.2 Å². The lowest BCUT2D eigenvalue weighted by Gasteiger charge is -2.60. The number of nitrogens with zero attached hydrogens (tertiary/aromatic N) is 1. The van der Waals surface area contributed by atoms with Crippen LogP contribution in [0, 0.1) is 34.5 Å². The number of rotatable bonds is 6. The van der Waals surface area contributed by atoms with E-state index >= 15 is 0 Å². The molecule has 4 aliphatic carbocycles. The minimum absolute atomic E-state index is 0.111. The molecule has 196 valence electrons. The molecule has 0 spiro atoms. The van der Waals surface area contributed by atoms with Gasteiger partial charge in [0.1, 0.15) is 5.78 Å². The number of hydrogen-bond donors (Lipinski definition) is 4. The number of nitrogens with two attached hydrogens (primary N) is 1. The summed E-state index contributed by atoms with van der Waals surface area (Å²) in [6, 6.07) is 0. The van der Waals surface area contributed by atoms with Crippen molar-refractivity contribution in [3.8, 4) is 0 Å². The zero-order chi connectivity index (χ0) is 25.8. The van der Waals surface area contributed by atoms with Crippen molar-refractivity contribution in [3.63, 3.8) is 0 Å². The Kier molecular flexibility index (Phi) is 9.07. The Balaban J connectivity index is 0.000000371. The highest BCUT2D eigenvalue weighted by molar-refractivity contribution is 7.99. The highest BCUT2D eigenvalue weighted by Gasteiger charge is 2.61. The molecule has 9 heteroatoms. The molecule has 0 radical (unpaired) electrons. The second kappa shape index (κ2) is 11.5. The van der Waals surface area contributed by atoms with Gasteiger partial charge in [-0.05, 0) is 86.8 Å². The highest BCUT2D eigenvalue weighted by atomic mass is 32.2. The number of hydrogen-bond acceptors (Lipinski definition) is 7. The van der Waals surface area contributed by atoms with Gasteiger partial charge in [-0.2, -0.15) is 11.8 Å². The quantitative estimate of drug-likeness (QED) is 0.180. The summed E-state index contributed by atoms with van der Waals surface area (Å²) in [5.41, 5.74) is 6.82. The molecule has 4 fully saturated rings. The third-order valence-electron chi connectivity index (χ3n) is 9.34. The summed E-state index contributed by atoms with van der Waals surface area (Å²) in [7, 11) is 0. The van der Waals surface area contributed by atoms with E-state index in [0.29, 0.717) is 46.9 Å². The number of ketones is 1. The molecule has 0 saturated heterocycles. The van der Waals surface area contributed by atoms with E-state index in [4.69, 9.17) is 15.9 Å². The van der Waals surface area contributed by atoms with Crippen LogP contribution in [-0.2, 0) is 14.4 Å². The monoisotopic (exact) mass is 508 g/mol. The maximum atomic E-state index is 12.6. The average Bonchev–Trinajstić information content (AvgIpc) is 3.12. The molecule has 8 nitrogen and oxygen atoms in total. The Morgan fingerprint density at radius 1 is 1.11 bits per heavy atom. The summed E-state index contributed by atoms with van der Waals surface area (Å²) < 4.78 is 0. The van der Waals surface area contributed by atoms with Gasteiger partial charge in [-0.15, -0.1) is 0 Å². The van der Waals surface area contributed by atoms with Gasteiger partial charge in [0.2, 0.25) is 0 Å². The number of Topliss-reactive ketones (excluding diaryl/α,β-unsaturated/α-hetero) is 1. The standard InChI is InChI=1S/C22H36N2O2S.C4H4O4/c1-21-8-6-14(27-11-3-10-23)12-18(21)19(24-26)13-15-16-4-5-20(25)22(16,2)9-7-17(15)21;5-3(6)1-2-4(7)8/h14-18,26H,3-13,23H2,1-2H3;1-2H,(H,5,6)(H,7,8)/b24-19+;2-1+/t14-,15-,16-,17-,18?,21+,22-;/m0./s1. The minimum Gasteiger partial charge on any atom is -0.478 e. The van der Waals surface area contributed by atoms with Crippen molar-refractivity contribution in [2.75, 3.05) is 12.3 Å². The molecule has 4 rings (SSSR count). The molecular weight excluding hydrogens is 468 g/mol. The van der Waals surface area contributed by atoms with E-state index in [9.17, 15) is 19.6 Å². The number of carbonyl (C=O) groups excluding carboxylic acids is 1. The Labute approximate surface area is 211 Å². The fourth-order valence-electron chi connectivity index (χ4n) is 7.54. The van der Waals surface area contributed by atoms with Crippen molar-refractivity contribution in [2.24, 2.45) is 45.4 Å². The fraction of sp³-hybridized carbons (Fsp3) is 0.769. The van der Waals surface area contributed by atoms with E-state index in [-0.39, 0.29) is 10.8 Å². The first kappa shape index (κ1) is 27.7. The number of aliphatic carboxylic acids is 2. The van der Waals surface area contributed by atoms with Crippen LogP contribution in [0.25, 0.3) is 0 Å². The van der Waals surface area contributed by atoms with Crippen molar-refractivity contribution in [2.45, 2.75) is 76.9 Å². The summed E-state index contributed by atoms with van der Waals surface area (Å²) in [4.78, 5) is 31.7. The predicted molar refractivity (Wildman–Crippen MR) is 136 cm³/mol. The third kappa shape index (κ3) is 5.77. The summed E-state index contributed by atoms with van der Waals surface area (Å²) in [6.07, 6.45) is 10.8.